The molecule has 0 spiro atoms. The molecule has 0 saturated carbocycles. The van der Waals surface area contributed by atoms with E-state index in [9.17, 15) is 0 Å². The Balaban J connectivity index is 2.57. The molecule has 0 radical (unpaired) electrons. The zero-order valence-electron chi connectivity index (χ0n) is 12.3. The lowest BCUT2D eigenvalue weighted by Crippen LogP contribution is -2.20. The summed E-state index contributed by atoms with van der Waals surface area (Å²) in [7, 11) is 4.77. The number of methoxy groups -OCH3 is 3. The van der Waals surface area contributed by atoms with E-state index in [0.717, 1.165) is 5.56 Å². The van der Waals surface area contributed by atoms with Crippen LogP contribution >= 0.6 is 0 Å². The van der Waals surface area contributed by atoms with Crippen molar-refractivity contribution in [3.05, 3.63) is 17.7 Å². The Labute approximate surface area is 119 Å². The highest BCUT2D eigenvalue weighted by Gasteiger charge is 2.12. The van der Waals surface area contributed by atoms with E-state index >= 15 is 0 Å². The van der Waals surface area contributed by atoms with Gasteiger partial charge < -0.3 is 29.4 Å². The van der Waals surface area contributed by atoms with Crippen molar-refractivity contribution in [3.63, 3.8) is 0 Å². The van der Waals surface area contributed by atoms with Gasteiger partial charge in [-0.2, -0.15) is 0 Å². The second-order valence-corrected chi connectivity index (χ2v) is 4.05. The normalized spacial score (nSPS) is 10.4. The summed E-state index contributed by atoms with van der Waals surface area (Å²) in [4.78, 5) is 0. The zero-order chi connectivity index (χ0) is 14.8. The third-order valence-corrected chi connectivity index (χ3v) is 2.71. The average molecular weight is 285 g/mol. The van der Waals surface area contributed by atoms with E-state index in [0.29, 0.717) is 43.6 Å². The van der Waals surface area contributed by atoms with Crippen molar-refractivity contribution >= 4 is 0 Å². The van der Waals surface area contributed by atoms with Gasteiger partial charge in [-0.3, -0.25) is 0 Å². The summed E-state index contributed by atoms with van der Waals surface area (Å²) < 4.78 is 21.0. The summed E-state index contributed by atoms with van der Waals surface area (Å²) in [6.45, 7) is 2.35. The van der Waals surface area contributed by atoms with Crippen molar-refractivity contribution < 1.29 is 24.1 Å². The summed E-state index contributed by atoms with van der Waals surface area (Å²) in [6, 6.07) is 3.81. The Morgan fingerprint density at radius 2 is 1.65 bits per heavy atom. The van der Waals surface area contributed by atoms with Crippen molar-refractivity contribution in [2.45, 2.75) is 6.54 Å². The van der Waals surface area contributed by atoms with Crippen molar-refractivity contribution in [3.8, 4) is 17.2 Å². The lowest BCUT2D eigenvalue weighted by molar-refractivity contribution is 0.0938. The topological polar surface area (TPSA) is 69.2 Å². The highest BCUT2D eigenvalue weighted by atomic mass is 16.5. The average Bonchev–Trinajstić information content (AvgIpc) is 2.49. The van der Waals surface area contributed by atoms with E-state index in [1.807, 2.05) is 12.1 Å². The number of aliphatic hydroxyl groups is 1. The van der Waals surface area contributed by atoms with Gasteiger partial charge in [0.05, 0.1) is 41.2 Å². The molecule has 0 amide bonds. The molecule has 0 aliphatic rings. The van der Waals surface area contributed by atoms with Crippen molar-refractivity contribution in [1.82, 2.24) is 5.32 Å². The van der Waals surface area contributed by atoms with Crippen molar-refractivity contribution in [2.75, 3.05) is 47.7 Å². The van der Waals surface area contributed by atoms with Gasteiger partial charge >= 0.3 is 0 Å². The fourth-order valence-corrected chi connectivity index (χ4v) is 1.78. The first kappa shape index (κ1) is 16.6. The molecule has 6 nitrogen and oxygen atoms in total. The first-order chi connectivity index (χ1) is 9.76. The second-order valence-electron chi connectivity index (χ2n) is 4.05. The number of hydrogen-bond donors (Lipinski definition) is 2. The Kier molecular flexibility index (Phi) is 7.79. The fourth-order valence-electron chi connectivity index (χ4n) is 1.78. The summed E-state index contributed by atoms with van der Waals surface area (Å²) in [6.07, 6.45) is 0. The fraction of sp³-hybridized carbons (Fsp3) is 0.571. The van der Waals surface area contributed by atoms with E-state index < -0.39 is 0 Å². The molecule has 20 heavy (non-hydrogen) atoms. The highest BCUT2D eigenvalue weighted by Crippen LogP contribution is 2.38. The van der Waals surface area contributed by atoms with Crippen LogP contribution in [0.3, 0.4) is 0 Å². The summed E-state index contributed by atoms with van der Waals surface area (Å²) in [5.41, 5.74) is 1.03. The van der Waals surface area contributed by atoms with E-state index in [1.54, 1.807) is 21.3 Å². The third-order valence-electron chi connectivity index (χ3n) is 2.71. The number of ether oxygens (including phenoxy) is 4. The quantitative estimate of drug-likeness (QED) is 0.620. The molecule has 0 aromatic heterocycles. The Morgan fingerprint density at radius 3 is 2.15 bits per heavy atom. The molecule has 0 heterocycles. The van der Waals surface area contributed by atoms with Crippen LogP contribution in [0.4, 0.5) is 0 Å². The molecule has 0 saturated heterocycles. The zero-order valence-corrected chi connectivity index (χ0v) is 12.3. The molecule has 0 unspecified atom stereocenters. The molecule has 1 rings (SSSR count). The highest BCUT2D eigenvalue weighted by molar-refractivity contribution is 5.53. The summed E-state index contributed by atoms with van der Waals surface area (Å²) >= 11 is 0. The number of hydrogen-bond acceptors (Lipinski definition) is 6. The molecule has 0 aliphatic heterocycles. The van der Waals surface area contributed by atoms with Gasteiger partial charge in [0.25, 0.3) is 0 Å². The van der Waals surface area contributed by atoms with E-state index in [-0.39, 0.29) is 6.61 Å². The first-order valence-electron chi connectivity index (χ1n) is 6.45. The molecular weight excluding hydrogens is 262 g/mol. The largest absolute Gasteiger partial charge is 0.493 e. The van der Waals surface area contributed by atoms with Gasteiger partial charge in [0, 0.05) is 13.1 Å². The maximum atomic E-state index is 8.58. The van der Waals surface area contributed by atoms with Gasteiger partial charge in [0.15, 0.2) is 11.5 Å². The van der Waals surface area contributed by atoms with Gasteiger partial charge in [-0.15, -0.1) is 0 Å². The molecule has 114 valence electrons. The lowest BCUT2D eigenvalue weighted by Gasteiger charge is -2.14. The number of benzene rings is 1. The third kappa shape index (κ3) is 4.88. The van der Waals surface area contributed by atoms with Gasteiger partial charge in [-0.1, -0.05) is 0 Å². The van der Waals surface area contributed by atoms with Crippen molar-refractivity contribution in [2.24, 2.45) is 0 Å². The lowest BCUT2D eigenvalue weighted by atomic mass is 10.2. The SMILES string of the molecule is COc1cc(CNCCOCCO)cc(OC)c1OC. The first-order valence-corrected chi connectivity index (χ1v) is 6.45. The number of rotatable bonds is 10. The standard InChI is InChI=1S/C14H23NO5/c1-17-12-8-11(9-13(18-2)14(12)19-3)10-15-4-6-20-7-5-16/h8-9,15-16H,4-7,10H2,1-3H3. The second kappa shape index (κ2) is 9.41. The van der Waals surface area contributed by atoms with Crippen LogP contribution in [0, 0.1) is 0 Å². The Hall–Kier alpha value is -1.50. The minimum atomic E-state index is 0.0485. The van der Waals surface area contributed by atoms with Crippen LogP contribution in [0.15, 0.2) is 12.1 Å². The minimum Gasteiger partial charge on any atom is -0.493 e. The van der Waals surface area contributed by atoms with Gasteiger partial charge in [-0.25, -0.2) is 0 Å². The Bertz CT molecular complexity index is 372. The smallest absolute Gasteiger partial charge is 0.203 e. The molecule has 0 bridgehead atoms. The minimum absolute atomic E-state index is 0.0485. The molecule has 0 fully saturated rings. The van der Waals surface area contributed by atoms with E-state index in [4.69, 9.17) is 24.1 Å². The number of nitrogens with one attached hydrogen (secondary N) is 1. The summed E-state index contributed by atoms with van der Waals surface area (Å²) in [5.74, 6) is 1.87. The van der Waals surface area contributed by atoms with Crippen LogP contribution < -0.4 is 19.5 Å². The van der Waals surface area contributed by atoms with Gasteiger partial charge in [0.1, 0.15) is 0 Å². The van der Waals surface area contributed by atoms with E-state index in [1.165, 1.54) is 0 Å². The predicted octanol–water partition coefficient (Wildman–Crippen LogP) is 0.811. The van der Waals surface area contributed by atoms with Crippen LogP contribution in [-0.2, 0) is 11.3 Å². The monoisotopic (exact) mass is 285 g/mol. The molecule has 6 heteroatoms. The molecule has 0 atom stereocenters. The molecular formula is C14H23NO5. The number of aliphatic hydroxyl groups excluding tert-OH is 1. The molecule has 1 aromatic carbocycles. The maximum absolute atomic E-state index is 8.58. The van der Waals surface area contributed by atoms with E-state index in [2.05, 4.69) is 5.32 Å². The molecule has 0 aliphatic carbocycles. The Morgan fingerprint density at radius 1 is 1.00 bits per heavy atom. The maximum Gasteiger partial charge on any atom is 0.203 e. The van der Waals surface area contributed by atoms with Crippen LogP contribution in [-0.4, -0.2) is 52.8 Å². The van der Waals surface area contributed by atoms with Crippen LogP contribution in [0.2, 0.25) is 0 Å². The molecule has 1 aromatic rings. The van der Waals surface area contributed by atoms with Gasteiger partial charge in [-0.05, 0) is 17.7 Å². The van der Waals surface area contributed by atoms with Crippen LogP contribution in [0.5, 0.6) is 17.2 Å². The summed E-state index contributed by atoms with van der Waals surface area (Å²) in [5, 5.41) is 11.8. The molecule has 2 N–H and O–H groups in total. The predicted molar refractivity (Wildman–Crippen MR) is 75.7 cm³/mol. The van der Waals surface area contributed by atoms with Crippen molar-refractivity contribution in [1.29, 1.82) is 0 Å². The van der Waals surface area contributed by atoms with Crippen LogP contribution in [0.25, 0.3) is 0 Å². The van der Waals surface area contributed by atoms with Crippen LogP contribution in [0.1, 0.15) is 5.56 Å². The van der Waals surface area contributed by atoms with Gasteiger partial charge in [0.2, 0.25) is 5.75 Å².